The number of aromatic hydroxyl groups is 1. The first-order valence-corrected chi connectivity index (χ1v) is 10.0. The Morgan fingerprint density at radius 1 is 1.14 bits per heavy atom. The zero-order valence-electron chi connectivity index (χ0n) is 15.1. The van der Waals surface area contributed by atoms with E-state index in [9.17, 15) is 14.7 Å². The van der Waals surface area contributed by atoms with Crippen LogP contribution in [0.5, 0.6) is 11.5 Å². The molecule has 5 heterocycles. The Bertz CT molecular complexity index is 1070. The van der Waals surface area contributed by atoms with E-state index < -0.39 is 30.1 Å². The molecule has 2 aromatic rings. The highest BCUT2D eigenvalue weighted by Crippen LogP contribution is 2.55. The Balaban J connectivity index is 1.35. The monoisotopic (exact) mass is 413 g/mol. The molecule has 0 saturated carbocycles. The number of phenolic OH excluding ortho intramolecular Hbond substituents is 1. The summed E-state index contributed by atoms with van der Waals surface area (Å²) in [5.74, 6) is -1.70. The summed E-state index contributed by atoms with van der Waals surface area (Å²) >= 11 is 1.25. The second-order valence-electron chi connectivity index (χ2n) is 7.40. The largest absolute Gasteiger partial charge is 0.504 e. The minimum atomic E-state index is -0.587. The molecule has 1 aromatic carbocycles. The van der Waals surface area contributed by atoms with Gasteiger partial charge in [-0.15, -0.1) is 11.3 Å². The lowest BCUT2D eigenvalue weighted by atomic mass is 9.71. The van der Waals surface area contributed by atoms with Crippen LogP contribution in [-0.4, -0.2) is 53.0 Å². The normalized spacial score (nSPS) is 34.2. The van der Waals surface area contributed by atoms with Crippen molar-refractivity contribution in [2.45, 2.75) is 18.3 Å². The smallest absolute Gasteiger partial charge is 0.242 e. The van der Waals surface area contributed by atoms with E-state index in [2.05, 4.69) is 10.1 Å². The minimum Gasteiger partial charge on any atom is -0.504 e. The van der Waals surface area contributed by atoms with Crippen molar-refractivity contribution in [1.29, 1.82) is 0 Å². The predicted octanol–water partition coefficient (Wildman–Crippen LogP) is 1.16. The van der Waals surface area contributed by atoms with Crippen LogP contribution in [0.2, 0.25) is 0 Å². The third-order valence-corrected chi connectivity index (χ3v) is 6.88. The number of ether oxygens (including phenoxy) is 2. The molecule has 10 heteroatoms. The quantitative estimate of drug-likeness (QED) is 0.752. The van der Waals surface area contributed by atoms with Gasteiger partial charge in [0, 0.05) is 17.1 Å². The average molecular weight is 413 g/mol. The summed E-state index contributed by atoms with van der Waals surface area (Å²) in [5.41, 5.74) is 1.27. The summed E-state index contributed by atoms with van der Waals surface area (Å²) in [5, 5.41) is 16.5. The van der Waals surface area contributed by atoms with Crippen molar-refractivity contribution < 1.29 is 29.0 Å². The molecular weight excluding hydrogens is 398 g/mol. The zero-order valence-corrected chi connectivity index (χ0v) is 15.9. The number of carbonyl (C=O) groups is 2. The molecule has 148 valence electrons. The summed E-state index contributed by atoms with van der Waals surface area (Å²) < 4.78 is 11.2. The zero-order chi connectivity index (χ0) is 19.9. The van der Waals surface area contributed by atoms with Gasteiger partial charge in [0.2, 0.25) is 11.8 Å². The molecule has 1 aromatic heterocycles. The van der Waals surface area contributed by atoms with E-state index in [4.69, 9.17) is 14.3 Å². The number of anilines is 1. The lowest BCUT2D eigenvalue weighted by Gasteiger charge is -2.26. The van der Waals surface area contributed by atoms with Crippen LogP contribution in [-0.2, 0) is 19.2 Å². The van der Waals surface area contributed by atoms with Gasteiger partial charge in [0.1, 0.15) is 6.10 Å². The van der Waals surface area contributed by atoms with Crippen LogP contribution in [0.15, 0.2) is 34.9 Å². The van der Waals surface area contributed by atoms with Crippen molar-refractivity contribution in [2.24, 2.45) is 22.9 Å². The molecule has 0 aliphatic carbocycles. The summed E-state index contributed by atoms with van der Waals surface area (Å²) in [4.78, 5) is 37.1. The van der Waals surface area contributed by atoms with Gasteiger partial charge in [0.15, 0.2) is 22.7 Å². The molecule has 4 aliphatic heterocycles. The Labute approximate surface area is 168 Å². The first-order valence-electron chi connectivity index (χ1n) is 9.14. The first kappa shape index (κ1) is 16.9. The molecule has 0 radical (unpaired) electrons. The second-order valence-corrected chi connectivity index (χ2v) is 8.28. The van der Waals surface area contributed by atoms with Crippen LogP contribution >= 0.6 is 11.3 Å². The summed E-state index contributed by atoms with van der Waals surface area (Å²) in [6, 6.07) is 4.97. The Kier molecular flexibility index (Phi) is 3.37. The number of oxime groups is 1. The Morgan fingerprint density at radius 2 is 1.93 bits per heavy atom. The van der Waals surface area contributed by atoms with Crippen molar-refractivity contribution in [1.82, 2.24) is 4.98 Å². The molecular formula is C19H15N3O6S. The number of phenols is 1. The van der Waals surface area contributed by atoms with Crippen LogP contribution in [0.3, 0.4) is 0 Å². The van der Waals surface area contributed by atoms with Gasteiger partial charge in [0.25, 0.3) is 0 Å². The number of benzene rings is 1. The number of imide groups is 1. The topological polar surface area (TPSA) is 111 Å². The highest BCUT2D eigenvalue weighted by atomic mass is 32.1. The molecule has 3 fully saturated rings. The molecule has 4 aliphatic rings. The maximum Gasteiger partial charge on any atom is 0.242 e. The fraction of sp³-hybridized carbons (Fsp3) is 0.368. The maximum atomic E-state index is 13.1. The fourth-order valence-corrected chi connectivity index (χ4v) is 5.61. The molecule has 1 N–H and O–H groups in total. The molecule has 6 rings (SSSR count). The van der Waals surface area contributed by atoms with Crippen LogP contribution < -0.4 is 9.64 Å². The molecule has 0 spiro atoms. The van der Waals surface area contributed by atoms with E-state index in [1.165, 1.54) is 23.3 Å². The van der Waals surface area contributed by atoms with Gasteiger partial charge < -0.3 is 19.4 Å². The predicted molar refractivity (Wildman–Crippen MR) is 99.8 cm³/mol. The van der Waals surface area contributed by atoms with Crippen LogP contribution in [0.25, 0.3) is 0 Å². The first-order chi connectivity index (χ1) is 14.1. The number of hydrogen-bond acceptors (Lipinski definition) is 9. The van der Waals surface area contributed by atoms with Crippen LogP contribution in [0, 0.1) is 17.8 Å². The van der Waals surface area contributed by atoms with E-state index >= 15 is 0 Å². The van der Waals surface area contributed by atoms with E-state index in [0.29, 0.717) is 22.2 Å². The molecule has 29 heavy (non-hydrogen) atoms. The Hall–Kier alpha value is -2.98. The number of fused-ring (bicyclic) bond motifs is 8. The third-order valence-electron chi connectivity index (χ3n) is 6.13. The third kappa shape index (κ3) is 2.07. The van der Waals surface area contributed by atoms with Crippen molar-refractivity contribution in [2.75, 3.05) is 12.0 Å². The summed E-state index contributed by atoms with van der Waals surface area (Å²) in [6.45, 7) is 0. The molecule has 6 unspecified atom stereocenters. The van der Waals surface area contributed by atoms with Crippen molar-refractivity contribution in [3.8, 4) is 11.5 Å². The highest BCUT2D eigenvalue weighted by Gasteiger charge is 2.72. The minimum absolute atomic E-state index is 0.0137. The molecule has 2 bridgehead atoms. The van der Waals surface area contributed by atoms with Crippen LogP contribution in [0.1, 0.15) is 5.56 Å². The fourth-order valence-electron chi connectivity index (χ4n) is 4.96. The van der Waals surface area contributed by atoms with Gasteiger partial charge in [-0.1, -0.05) is 5.16 Å². The van der Waals surface area contributed by atoms with E-state index in [-0.39, 0.29) is 23.5 Å². The molecule has 3 saturated heterocycles. The number of methoxy groups -OCH3 is 1. The van der Waals surface area contributed by atoms with Gasteiger partial charge in [-0.2, -0.15) is 0 Å². The number of nitrogens with zero attached hydrogens (tertiary/aromatic N) is 3. The Morgan fingerprint density at radius 3 is 2.62 bits per heavy atom. The van der Waals surface area contributed by atoms with Gasteiger partial charge in [-0.05, 0) is 18.2 Å². The molecule has 2 amide bonds. The number of rotatable bonds is 3. The summed E-state index contributed by atoms with van der Waals surface area (Å²) in [6.07, 6.45) is 0.0818. The molecule has 9 nitrogen and oxygen atoms in total. The van der Waals surface area contributed by atoms with Crippen molar-refractivity contribution >= 4 is 34.0 Å². The standard InChI is InChI=1S/C19H15N3O6S/c1-26-9-3-2-7(6-8(9)23)13-12-14-10-11(15(27-14)16(12)28-21-13)18(25)22(17(10)24)19-20-4-5-29-19/h2-6,10-12,14-16,23H,1H3. The van der Waals surface area contributed by atoms with Gasteiger partial charge >= 0.3 is 0 Å². The lowest BCUT2D eigenvalue weighted by molar-refractivity contribution is -0.125. The molecule has 6 atom stereocenters. The van der Waals surface area contributed by atoms with E-state index in [1.54, 1.807) is 29.8 Å². The number of thiazole rings is 1. The van der Waals surface area contributed by atoms with E-state index in [1.807, 2.05) is 0 Å². The summed E-state index contributed by atoms with van der Waals surface area (Å²) in [7, 11) is 1.47. The van der Waals surface area contributed by atoms with Crippen LogP contribution in [0.4, 0.5) is 5.13 Å². The lowest BCUT2D eigenvalue weighted by Crippen LogP contribution is -2.45. The number of aromatic nitrogens is 1. The van der Waals surface area contributed by atoms with Crippen molar-refractivity contribution in [3.05, 3.63) is 35.3 Å². The van der Waals surface area contributed by atoms with Gasteiger partial charge in [0.05, 0.1) is 36.7 Å². The second kappa shape index (κ2) is 5.77. The van der Waals surface area contributed by atoms with Gasteiger partial charge in [-0.25, -0.2) is 9.88 Å². The maximum absolute atomic E-state index is 13.1. The van der Waals surface area contributed by atoms with E-state index in [0.717, 1.165) is 0 Å². The van der Waals surface area contributed by atoms with Gasteiger partial charge in [-0.3, -0.25) is 9.59 Å². The van der Waals surface area contributed by atoms with Crippen molar-refractivity contribution in [3.63, 3.8) is 0 Å². The average Bonchev–Trinajstić information content (AvgIpc) is 3.49. The number of hydrogen-bond donors (Lipinski definition) is 1. The number of amides is 2. The SMILES string of the molecule is COc1ccc(C2=NOC3C4OC(C23)C2C(=O)N(c3nccs3)C(=O)C42)cc1O. The number of carbonyl (C=O) groups excluding carboxylic acids is 2. The highest BCUT2D eigenvalue weighted by molar-refractivity contribution is 7.14.